The van der Waals surface area contributed by atoms with Crippen LogP contribution in [-0.4, -0.2) is 57.0 Å². The van der Waals surface area contributed by atoms with Gasteiger partial charge in [0.15, 0.2) is 0 Å². The van der Waals surface area contributed by atoms with Gasteiger partial charge in [0.2, 0.25) is 10.0 Å². The molecular formula is C20H22N2O6S. The zero-order valence-corrected chi connectivity index (χ0v) is 16.6. The van der Waals surface area contributed by atoms with E-state index in [9.17, 15) is 13.2 Å². The molecule has 1 aliphatic rings. The number of morpholine rings is 1. The maximum absolute atomic E-state index is 13.4. The van der Waals surface area contributed by atoms with Gasteiger partial charge in [-0.05, 0) is 36.4 Å². The van der Waals surface area contributed by atoms with Gasteiger partial charge in [-0.3, -0.25) is 4.90 Å². The summed E-state index contributed by atoms with van der Waals surface area (Å²) < 4.78 is 44.0. The molecule has 0 saturated carbocycles. The molecule has 9 heteroatoms. The van der Waals surface area contributed by atoms with Crippen molar-refractivity contribution < 1.29 is 22.0 Å². The number of nitrogens with zero attached hydrogens (tertiary/aromatic N) is 2. The van der Waals surface area contributed by atoms with Crippen molar-refractivity contribution in [3.05, 3.63) is 64.9 Å². The highest BCUT2D eigenvalue weighted by molar-refractivity contribution is 7.89. The number of sulfonamides is 1. The number of hydrogen-bond donors (Lipinski definition) is 0. The first-order valence-electron chi connectivity index (χ1n) is 9.39. The third-order valence-electron chi connectivity index (χ3n) is 4.91. The summed E-state index contributed by atoms with van der Waals surface area (Å²) >= 11 is 0. The van der Waals surface area contributed by atoms with E-state index in [0.29, 0.717) is 43.0 Å². The Bertz CT molecular complexity index is 1120. The molecule has 3 aromatic rings. The second kappa shape index (κ2) is 8.50. The van der Waals surface area contributed by atoms with E-state index < -0.39 is 15.6 Å². The molecule has 29 heavy (non-hydrogen) atoms. The lowest BCUT2D eigenvalue weighted by atomic mass is 10.2. The number of rotatable bonds is 7. The van der Waals surface area contributed by atoms with E-state index in [1.54, 1.807) is 18.2 Å². The molecular weight excluding hydrogens is 396 g/mol. The summed E-state index contributed by atoms with van der Waals surface area (Å²) in [7, 11) is -3.78. The van der Waals surface area contributed by atoms with Crippen LogP contribution in [-0.2, 0) is 21.3 Å². The van der Waals surface area contributed by atoms with Crippen molar-refractivity contribution in [1.29, 1.82) is 0 Å². The van der Waals surface area contributed by atoms with Crippen LogP contribution in [0.2, 0.25) is 0 Å². The summed E-state index contributed by atoms with van der Waals surface area (Å²) in [4.78, 5) is 13.7. The van der Waals surface area contributed by atoms with Crippen molar-refractivity contribution in [2.75, 3.05) is 39.4 Å². The van der Waals surface area contributed by atoms with Gasteiger partial charge in [0.05, 0.1) is 30.9 Å². The van der Waals surface area contributed by atoms with Crippen LogP contribution in [0.3, 0.4) is 0 Å². The highest BCUT2D eigenvalue weighted by atomic mass is 32.2. The van der Waals surface area contributed by atoms with Gasteiger partial charge in [-0.15, -0.1) is 0 Å². The summed E-state index contributed by atoms with van der Waals surface area (Å²) in [6.45, 7) is 3.94. The predicted molar refractivity (Wildman–Crippen MR) is 106 cm³/mol. The average Bonchev–Trinajstić information content (AvgIpc) is 3.24. The number of fused-ring (bicyclic) bond motifs is 1. The van der Waals surface area contributed by atoms with Crippen LogP contribution in [0.1, 0.15) is 5.76 Å². The molecule has 0 aliphatic carbocycles. The lowest BCUT2D eigenvalue weighted by Crippen LogP contribution is -2.42. The Labute approximate surface area is 168 Å². The molecule has 1 aliphatic heterocycles. The normalized spacial score (nSPS) is 15.9. The van der Waals surface area contributed by atoms with E-state index in [2.05, 4.69) is 4.90 Å². The maximum Gasteiger partial charge on any atom is 0.336 e. The van der Waals surface area contributed by atoms with Crippen molar-refractivity contribution in [3.63, 3.8) is 0 Å². The maximum atomic E-state index is 13.4. The summed E-state index contributed by atoms with van der Waals surface area (Å²) in [5.74, 6) is 0.572. The predicted octanol–water partition coefficient (Wildman–Crippen LogP) is 1.91. The second-order valence-electron chi connectivity index (χ2n) is 6.83. The van der Waals surface area contributed by atoms with Crippen LogP contribution in [0.25, 0.3) is 11.0 Å². The Hall–Kier alpha value is -2.46. The van der Waals surface area contributed by atoms with Crippen molar-refractivity contribution in [1.82, 2.24) is 9.21 Å². The molecule has 154 valence electrons. The molecule has 3 heterocycles. The average molecular weight is 418 g/mol. The first kappa shape index (κ1) is 19.8. The van der Waals surface area contributed by atoms with Crippen LogP contribution in [0.15, 0.2) is 67.3 Å². The number of hydrogen-bond acceptors (Lipinski definition) is 7. The van der Waals surface area contributed by atoms with Crippen molar-refractivity contribution in [2.24, 2.45) is 0 Å². The topological polar surface area (TPSA) is 93.2 Å². The summed E-state index contributed by atoms with van der Waals surface area (Å²) in [5.41, 5.74) is -0.125. The van der Waals surface area contributed by atoms with E-state index in [4.69, 9.17) is 13.6 Å². The first-order chi connectivity index (χ1) is 14.0. The molecule has 0 radical (unpaired) electrons. The molecule has 2 aromatic heterocycles. The fraction of sp³-hybridized carbons (Fsp3) is 0.350. The van der Waals surface area contributed by atoms with Gasteiger partial charge in [-0.25, -0.2) is 13.2 Å². The fourth-order valence-electron chi connectivity index (χ4n) is 3.30. The van der Waals surface area contributed by atoms with Crippen LogP contribution >= 0.6 is 0 Å². The summed E-state index contributed by atoms with van der Waals surface area (Å²) in [5, 5.41) is 0.553. The third-order valence-corrected chi connectivity index (χ3v) is 6.75. The number of benzene rings is 1. The van der Waals surface area contributed by atoms with Gasteiger partial charge < -0.3 is 13.6 Å². The van der Waals surface area contributed by atoms with Gasteiger partial charge >= 0.3 is 5.63 Å². The number of ether oxygens (including phenoxy) is 1. The highest BCUT2D eigenvalue weighted by Crippen LogP contribution is 2.23. The Morgan fingerprint density at radius 1 is 1.07 bits per heavy atom. The zero-order chi connectivity index (χ0) is 20.3. The third kappa shape index (κ3) is 4.59. The van der Waals surface area contributed by atoms with Crippen molar-refractivity contribution in [3.8, 4) is 0 Å². The molecule has 0 bridgehead atoms. The number of furan rings is 1. The zero-order valence-electron chi connectivity index (χ0n) is 15.8. The molecule has 0 spiro atoms. The molecule has 0 amide bonds. The lowest BCUT2D eigenvalue weighted by Gasteiger charge is -2.29. The smallest absolute Gasteiger partial charge is 0.336 e. The van der Waals surface area contributed by atoms with E-state index in [1.165, 1.54) is 34.8 Å². The molecule has 1 aromatic carbocycles. The monoisotopic (exact) mass is 418 g/mol. The fourth-order valence-corrected chi connectivity index (χ4v) is 4.73. The lowest BCUT2D eigenvalue weighted by molar-refractivity contribution is 0.0360. The molecule has 1 saturated heterocycles. The van der Waals surface area contributed by atoms with Gasteiger partial charge in [-0.1, -0.05) is 0 Å². The second-order valence-corrected chi connectivity index (χ2v) is 8.76. The summed E-state index contributed by atoms with van der Waals surface area (Å²) in [6.07, 6.45) is 1.53. The minimum Gasteiger partial charge on any atom is -0.468 e. The molecule has 4 rings (SSSR count). The van der Waals surface area contributed by atoms with E-state index in [1.807, 2.05) is 0 Å². The standard InChI is InChI=1S/C20H22N2O6S/c23-20-6-3-16-14-18(4-5-19(16)28-20)29(24,25)22(15-17-2-1-11-27-17)8-7-21-9-12-26-13-10-21/h1-6,11,14H,7-10,12-13,15H2. The Morgan fingerprint density at radius 2 is 1.90 bits per heavy atom. The molecule has 0 atom stereocenters. The van der Waals surface area contributed by atoms with Crippen LogP contribution in [0.4, 0.5) is 0 Å². The molecule has 1 fully saturated rings. The van der Waals surface area contributed by atoms with Crippen LogP contribution in [0, 0.1) is 0 Å². The Kier molecular flexibility index (Phi) is 5.81. The van der Waals surface area contributed by atoms with E-state index in [0.717, 1.165) is 13.1 Å². The van der Waals surface area contributed by atoms with Gasteiger partial charge in [0.1, 0.15) is 11.3 Å². The summed E-state index contributed by atoms with van der Waals surface area (Å²) in [6, 6.07) is 10.8. The van der Waals surface area contributed by atoms with Crippen molar-refractivity contribution in [2.45, 2.75) is 11.4 Å². The van der Waals surface area contributed by atoms with Crippen LogP contribution in [0.5, 0.6) is 0 Å². The molecule has 0 unspecified atom stereocenters. The van der Waals surface area contributed by atoms with E-state index >= 15 is 0 Å². The molecule has 8 nitrogen and oxygen atoms in total. The Morgan fingerprint density at radius 3 is 2.66 bits per heavy atom. The first-order valence-corrected chi connectivity index (χ1v) is 10.8. The largest absolute Gasteiger partial charge is 0.468 e. The minimum atomic E-state index is -3.78. The van der Waals surface area contributed by atoms with Crippen molar-refractivity contribution >= 4 is 21.0 Å². The highest BCUT2D eigenvalue weighted by Gasteiger charge is 2.27. The Balaban J connectivity index is 1.61. The van der Waals surface area contributed by atoms with Crippen LogP contribution < -0.4 is 5.63 Å². The minimum absolute atomic E-state index is 0.140. The van der Waals surface area contributed by atoms with E-state index in [-0.39, 0.29) is 11.4 Å². The SMILES string of the molecule is O=c1ccc2cc(S(=O)(=O)N(CCN3CCOCC3)Cc3ccco3)ccc2o1. The van der Waals surface area contributed by atoms with Gasteiger partial charge in [0, 0.05) is 37.6 Å². The van der Waals surface area contributed by atoms with Gasteiger partial charge in [0.25, 0.3) is 0 Å². The quantitative estimate of drug-likeness (QED) is 0.541. The van der Waals surface area contributed by atoms with Gasteiger partial charge in [-0.2, -0.15) is 4.31 Å². The molecule has 0 N–H and O–H groups in total.